The average molecular weight is 264 g/mol. The zero-order chi connectivity index (χ0) is 12.5. The molecule has 0 saturated carbocycles. The van der Waals surface area contributed by atoms with Crippen LogP contribution in [0.4, 0.5) is 0 Å². The molecule has 1 aliphatic rings. The Morgan fingerprint density at radius 3 is 2.76 bits per heavy atom. The first kappa shape index (κ1) is 14.7. The standard InChI is InChI=1S/C12H22ClNO3/c1-11(10-14-5-8-16-9-6-14)12(15)17-7-3-2-4-13/h11H,2-10H2,1H3/t11-/m0/s1. The maximum absolute atomic E-state index is 11.7. The van der Waals surface area contributed by atoms with Gasteiger partial charge in [-0.3, -0.25) is 9.69 Å². The van der Waals surface area contributed by atoms with E-state index in [2.05, 4.69) is 4.90 Å². The quantitative estimate of drug-likeness (QED) is 0.397. The molecule has 4 nitrogen and oxygen atoms in total. The predicted molar refractivity (Wildman–Crippen MR) is 67.3 cm³/mol. The van der Waals surface area contributed by atoms with E-state index in [1.165, 1.54) is 0 Å². The van der Waals surface area contributed by atoms with Gasteiger partial charge < -0.3 is 9.47 Å². The Balaban J connectivity index is 2.12. The molecule has 0 aromatic carbocycles. The van der Waals surface area contributed by atoms with Crippen LogP contribution in [0.25, 0.3) is 0 Å². The SMILES string of the molecule is C[C@@H](CN1CCOCC1)C(=O)OCCCCCl. The van der Waals surface area contributed by atoms with Gasteiger partial charge in [-0.2, -0.15) is 0 Å². The lowest BCUT2D eigenvalue weighted by molar-refractivity contribution is -0.149. The normalized spacial score (nSPS) is 18.9. The van der Waals surface area contributed by atoms with E-state index in [4.69, 9.17) is 21.1 Å². The van der Waals surface area contributed by atoms with Crippen LogP contribution in [-0.2, 0) is 14.3 Å². The van der Waals surface area contributed by atoms with E-state index < -0.39 is 0 Å². The van der Waals surface area contributed by atoms with Crippen LogP contribution in [0.5, 0.6) is 0 Å². The molecule has 0 amide bonds. The molecule has 1 heterocycles. The van der Waals surface area contributed by atoms with Gasteiger partial charge in [-0.25, -0.2) is 0 Å². The Kier molecular flexibility index (Phi) is 7.56. The summed E-state index contributed by atoms with van der Waals surface area (Å²) in [7, 11) is 0. The number of morpholine rings is 1. The third kappa shape index (κ3) is 6.24. The molecular formula is C12H22ClNO3. The minimum Gasteiger partial charge on any atom is -0.465 e. The summed E-state index contributed by atoms with van der Waals surface area (Å²) in [6.45, 7) is 6.50. The van der Waals surface area contributed by atoms with E-state index in [9.17, 15) is 4.79 Å². The molecule has 1 aliphatic heterocycles. The zero-order valence-electron chi connectivity index (χ0n) is 10.5. The van der Waals surface area contributed by atoms with E-state index in [1.807, 2.05) is 6.92 Å². The van der Waals surface area contributed by atoms with Gasteiger partial charge in [0.05, 0.1) is 25.7 Å². The fraction of sp³-hybridized carbons (Fsp3) is 0.917. The first-order chi connectivity index (χ1) is 8.24. The van der Waals surface area contributed by atoms with Gasteiger partial charge >= 0.3 is 5.97 Å². The number of unbranched alkanes of at least 4 members (excludes halogenated alkanes) is 1. The maximum atomic E-state index is 11.7. The lowest BCUT2D eigenvalue weighted by Crippen LogP contribution is -2.40. The molecule has 1 atom stereocenters. The largest absolute Gasteiger partial charge is 0.465 e. The number of carbonyl (C=O) groups is 1. The van der Waals surface area contributed by atoms with Crippen molar-refractivity contribution < 1.29 is 14.3 Å². The first-order valence-electron chi connectivity index (χ1n) is 6.26. The van der Waals surface area contributed by atoms with Crippen molar-refractivity contribution in [3.8, 4) is 0 Å². The highest BCUT2D eigenvalue weighted by Gasteiger charge is 2.19. The second-order valence-electron chi connectivity index (χ2n) is 4.38. The van der Waals surface area contributed by atoms with Crippen molar-refractivity contribution in [3.63, 3.8) is 0 Å². The van der Waals surface area contributed by atoms with Crippen LogP contribution in [0.3, 0.4) is 0 Å². The lowest BCUT2D eigenvalue weighted by atomic mass is 10.1. The van der Waals surface area contributed by atoms with Crippen LogP contribution in [0.1, 0.15) is 19.8 Å². The number of halogens is 1. The number of esters is 1. The van der Waals surface area contributed by atoms with Crippen molar-refractivity contribution in [1.82, 2.24) is 4.90 Å². The van der Waals surface area contributed by atoms with Gasteiger partial charge in [0, 0.05) is 25.5 Å². The van der Waals surface area contributed by atoms with Crippen molar-refractivity contribution in [3.05, 3.63) is 0 Å². The van der Waals surface area contributed by atoms with E-state index in [0.717, 1.165) is 45.7 Å². The highest BCUT2D eigenvalue weighted by Crippen LogP contribution is 2.06. The average Bonchev–Trinajstić information content (AvgIpc) is 2.35. The number of ether oxygens (including phenoxy) is 2. The molecule has 0 spiro atoms. The van der Waals surface area contributed by atoms with Crippen LogP contribution in [0.15, 0.2) is 0 Å². The molecule has 100 valence electrons. The topological polar surface area (TPSA) is 38.8 Å². The Morgan fingerprint density at radius 1 is 1.41 bits per heavy atom. The molecule has 1 rings (SSSR count). The zero-order valence-corrected chi connectivity index (χ0v) is 11.2. The highest BCUT2D eigenvalue weighted by molar-refractivity contribution is 6.17. The van der Waals surface area contributed by atoms with E-state index >= 15 is 0 Å². The van der Waals surface area contributed by atoms with Gasteiger partial charge in [-0.1, -0.05) is 6.92 Å². The Bertz CT molecular complexity index is 220. The third-order valence-corrected chi connectivity index (χ3v) is 3.08. The molecule has 17 heavy (non-hydrogen) atoms. The molecule has 0 aromatic heterocycles. The van der Waals surface area contributed by atoms with Gasteiger partial charge in [-0.15, -0.1) is 11.6 Å². The Morgan fingerprint density at radius 2 is 2.12 bits per heavy atom. The number of hydrogen-bond acceptors (Lipinski definition) is 4. The Labute approximate surface area is 108 Å². The minimum absolute atomic E-state index is 0.0656. The van der Waals surface area contributed by atoms with Crippen molar-refractivity contribution in [2.75, 3.05) is 45.3 Å². The number of hydrogen-bond donors (Lipinski definition) is 0. The van der Waals surface area contributed by atoms with E-state index in [-0.39, 0.29) is 11.9 Å². The summed E-state index contributed by atoms with van der Waals surface area (Å²) >= 11 is 5.55. The lowest BCUT2D eigenvalue weighted by Gasteiger charge is -2.28. The second kappa shape index (κ2) is 8.72. The van der Waals surface area contributed by atoms with Crippen LogP contribution >= 0.6 is 11.6 Å². The van der Waals surface area contributed by atoms with Crippen LogP contribution in [-0.4, -0.2) is 56.2 Å². The molecule has 0 unspecified atom stereocenters. The first-order valence-corrected chi connectivity index (χ1v) is 6.80. The maximum Gasteiger partial charge on any atom is 0.309 e. The van der Waals surface area contributed by atoms with Gasteiger partial charge in [-0.05, 0) is 12.8 Å². The van der Waals surface area contributed by atoms with Crippen molar-refractivity contribution in [2.45, 2.75) is 19.8 Å². The molecule has 5 heteroatoms. The fourth-order valence-corrected chi connectivity index (χ4v) is 1.95. The smallest absolute Gasteiger partial charge is 0.309 e. The molecular weight excluding hydrogens is 242 g/mol. The second-order valence-corrected chi connectivity index (χ2v) is 4.76. The van der Waals surface area contributed by atoms with E-state index in [0.29, 0.717) is 12.5 Å². The summed E-state index contributed by atoms with van der Waals surface area (Å²) in [5.41, 5.74) is 0. The fourth-order valence-electron chi connectivity index (χ4n) is 1.76. The Hall–Kier alpha value is -0.320. The molecule has 0 radical (unpaired) electrons. The monoisotopic (exact) mass is 263 g/mol. The van der Waals surface area contributed by atoms with Crippen molar-refractivity contribution in [2.24, 2.45) is 5.92 Å². The van der Waals surface area contributed by atoms with Gasteiger partial charge in [0.15, 0.2) is 0 Å². The highest BCUT2D eigenvalue weighted by atomic mass is 35.5. The van der Waals surface area contributed by atoms with Gasteiger partial charge in [0.1, 0.15) is 0 Å². The number of carbonyl (C=O) groups excluding carboxylic acids is 1. The number of alkyl halides is 1. The van der Waals surface area contributed by atoms with Crippen LogP contribution in [0, 0.1) is 5.92 Å². The number of rotatable bonds is 7. The van der Waals surface area contributed by atoms with Crippen molar-refractivity contribution in [1.29, 1.82) is 0 Å². The molecule has 1 saturated heterocycles. The summed E-state index contributed by atoms with van der Waals surface area (Å²) in [6.07, 6.45) is 1.74. The number of nitrogens with zero attached hydrogens (tertiary/aromatic N) is 1. The summed E-state index contributed by atoms with van der Waals surface area (Å²) < 4.78 is 10.5. The summed E-state index contributed by atoms with van der Waals surface area (Å²) in [5.74, 6) is 0.455. The van der Waals surface area contributed by atoms with Crippen LogP contribution in [0.2, 0.25) is 0 Å². The summed E-state index contributed by atoms with van der Waals surface area (Å²) in [5, 5.41) is 0. The molecule has 0 aliphatic carbocycles. The molecule has 0 N–H and O–H groups in total. The third-order valence-electron chi connectivity index (χ3n) is 2.81. The molecule has 0 bridgehead atoms. The molecule has 1 fully saturated rings. The predicted octanol–water partition coefficient (Wildman–Crippen LogP) is 1.52. The van der Waals surface area contributed by atoms with Crippen LogP contribution < -0.4 is 0 Å². The van der Waals surface area contributed by atoms with Crippen molar-refractivity contribution >= 4 is 17.6 Å². The summed E-state index contributed by atoms with van der Waals surface area (Å²) in [6, 6.07) is 0. The van der Waals surface area contributed by atoms with Gasteiger partial charge in [0.2, 0.25) is 0 Å². The van der Waals surface area contributed by atoms with Gasteiger partial charge in [0.25, 0.3) is 0 Å². The molecule has 0 aromatic rings. The minimum atomic E-state index is -0.105. The van der Waals surface area contributed by atoms with E-state index in [1.54, 1.807) is 0 Å². The summed E-state index contributed by atoms with van der Waals surface area (Å²) in [4.78, 5) is 13.9.